The van der Waals surface area contributed by atoms with Gasteiger partial charge in [0.25, 0.3) is 0 Å². The van der Waals surface area contributed by atoms with Gasteiger partial charge in [-0.05, 0) is 35.9 Å². The molecule has 100 valence electrons. The van der Waals surface area contributed by atoms with Crippen molar-refractivity contribution in [3.63, 3.8) is 0 Å². The number of nitriles is 1. The van der Waals surface area contributed by atoms with E-state index < -0.39 is 0 Å². The Balaban J connectivity index is 2.07. The lowest BCUT2D eigenvalue weighted by Crippen LogP contribution is -2.14. The Bertz CT molecular complexity index is 695. The topological polar surface area (TPSA) is 52.9 Å². The van der Waals surface area contributed by atoms with Crippen molar-refractivity contribution in [1.29, 1.82) is 5.26 Å². The molecule has 1 amide bonds. The predicted molar refractivity (Wildman–Crippen MR) is 74.9 cm³/mol. The molecule has 0 heterocycles. The summed E-state index contributed by atoms with van der Waals surface area (Å²) in [4.78, 5) is 11.8. The highest BCUT2D eigenvalue weighted by Crippen LogP contribution is 2.19. The number of halogens is 2. The van der Waals surface area contributed by atoms with Crippen molar-refractivity contribution in [1.82, 2.24) is 0 Å². The summed E-state index contributed by atoms with van der Waals surface area (Å²) < 4.78 is 13.0. The van der Waals surface area contributed by atoms with Crippen molar-refractivity contribution < 1.29 is 9.18 Å². The summed E-state index contributed by atoms with van der Waals surface area (Å²) in [5.74, 6) is -0.671. The number of anilines is 1. The summed E-state index contributed by atoms with van der Waals surface area (Å²) >= 11 is 5.80. The van der Waals surface area contributed by atoms with Crippen LogP contribution in [0.3, 0.4) is 0 Å². The highest BCUT2D eigenvalue weighted by atomic mass is 35.5. The fraction of sp³-hybridized carbons (Fsp3) is 0.0667. The number of carbonyl (C=O) groups excluding carboxylic acids is 1. The van der Waals surface area contributed by atoms with Crippen LogP contribution in [-0.2, 0) is 11.2 Å². The number of benzene rings is 2. The van der Waals surface area contributed by atoms with Crippen molar-refractivity contribution >= 4 is 23.2 Å². The first-order valence-corrected chi connectivity index (χ1v) is 6.20. The quantitative estimate of drug-likeness (QED) is 0.939. The van der Waals surface area contributed by atoms with Crippen LogP contribution < -0.4 is 5.32 Å². The number of hydrogen-bond acceptors (Lipinski definition) is 2. The Labute approximate surface area is 120 Å². The number of amides is 1. The van der Waals surface area contributed by atoms with E-state index >= 15 is 0 Å². The average molecular weight is 289 g/mol. The second-order valence-electron chi connectivity index (χ2n) is 4.16. The third-order valence-electron chi connectivity index (χ3n) is 2.62. The van der Waals surface area contributed by atoms with Crippen LogP contribution in [0.5, 0.6) is 0 Å². The zero-order chi connectivity index (χ0) is 14.5. The molecular weight excluding hydrogens is 279 g/mol. The fourth-order valence-corrected chi connectivity index (χ4v) is 1.89. The molecule has 0 atom stereocenters. The molecule has 0 fully saturated rings. The third kappa shape index (κ3) is 3.56. The lowest BCUT2D eigenvalue weighted by Gasteiger charge is -2.06. The maximum Gasteiger partial charge on any atom is 0.228 e. The molecule has 0 bridgehead atoms. The molecule has 2 rings (SSSR count). The molecule has 20 heavy (non-hydrogen) atoms. The van der Waals surface area contributed by atoms with Gasteiger partial charge >= 0.3 is 0 Å². The van der Waals surface area contributed by atoms with Crippen LogP contribution in [0.25, 0.3) is 0 Å². The average Bonchev–Trinajstić information content (AvgIpc) is 2.41. The van der Waals surface area contributed by atoms with Gasteiger partial charge in [0.05, 0.1) is 17.0 Å². The molecule has 2 aromatic carbocycles. The lowest BCUT2D eigenvalue weighted by molar-refractivity contribution is -0.115. The number of hydrogen-bond donors (Lipinski definition) is 1. The van der Waals surface area contributed by atoms with Gasteiger partial charge in [0.15, 0.2) is 0 Å². The van der Waals surface area contributed by atoms with Gasteiger partial charge in [-0.3, -0.25) is 4.79 Å². The summed E-state index contributed by atoms with van der Waals surface area (Å²) in [5, 5.41) is 11.8. The summed E-state index contributed by atoms with van der Waals surface area (Å²) in [6.45, 7) is 0. The van der Waals surface area contributed by atoms with Crippen LogP contribution in [-0.4, -0.2) is 5.91 Å². The van der Waals surface area contributed by atoms with Crippen molar-refractivity contribution in [3.8, 4) is 6.07 Å². The number of rotatable bonds is 3. The van der Waals surface area contributed by atoms with Gasteiger partial charge in [0, 0.05) is 5.69 Å². The molecule has 5 heteroatoms. The van der Waals surface area contributed by atoms with Gasteiger partial charge in [0.1, 0.15) is 11.9 Å². The first-order chi connectivity index (χ1) is 9.58. The molecule has 3 nitrogen and oxygen atoms in total. The van der Waals surface area contributed by atoms with E-state index in [-0.39, 0.29) is 23.7 Å². The Hall–Kier alpha value is -2.38. The molecule has 0 radical (unpaired) electrons. The molecule has 0 unspecified atom stereocenters. The van der Waals surface area contributed by atoms with Crippen LogP contribution in [0.1, 0.15) is 11.1 Å². The summed E-state index contributed by atoms with van der Waals surface area (Å²) in [6.07, 6.45) is 0.0578. The lowest BCUT2D eigenvalue weighted by atomic mass is 10.1. The minimum Gasteiger partial charge on any atom is -0.326 e. The second kappa shape index (κ2) is 6.18. The maximum absolute atomic E-state index is 13.0. The van der Waals surface area contributed by atoms with E-state index in [2.05, 4.69) is 5.32 Å². The van der Waals surface area contributed by atoms with Crippen molar-refractivity contribution in [2.75, 3.05) is 5.32 Å². The van der Waals surface area contributed by atoms with Gasteiger partial charge in [0.2, 0.25) is 5.91 Å². The standard InChI is InChI=1S/C15H10ClFN2O/c16-14-5-4-13(8-11(14)9-18)19-15(20)7-10-2-1-3-12(17)6-10/h1-6,8H,7H2,(H,19,20). The summed E-state index contributed by atoms with van der Waals surface area (Å²) in [6, 6.07) is 12.4. The number of nitrogens with zero attached hydrogens (tertiary/aromatic N) is 1. The van der Waals surface area contributed by atoms with E-state index in [9.17, 15) is 9.18 Å². The fourth-order valence-electron chi connectivity index (χ4n) is 1.73. The van der Waals surface area contributed by atoms with Gasteiger partial charge < -0.3 is 5.32 Å². The molecule has 0 spiro atoms. The molecule has 0 aliphatic rings. The van der Waals surface area contributed by atoms with Gasteiger partial charge in [-0.1, -0.05) is 23.7 Å². The Kier molecular flexibility index (Phi) is 4.34. The molecule has 0 aliphatic heterocycles. The van der Waals surface area contributed by atoms with Crippen molar-refractivity contribution in [3.05, 3.63) is 64.4 Å². The minimum absolute atomic E-state index is 0.0578. The van der Waals surface area contributed by atoms with Gasteiger partial charge in [-0.25, -0.2) is 4.39 Å². The Morgan fingerprint density at radius 1 is 1.30 bits per heavy atom. The third-order valence-corrected chi connectivity index (χ3v) is 2.95. The van der Waals surface area contributed by atoms with E-state index in [0.717, 1.165) is 0 Å². The first-order valence-electron chi connectivity index (χ1n) is 5.82. The normalized spacial score (nSPS) is 9.85. The largest absolute Gasteiger partial charge is 0.326 e. The second-order valence-corrected chi connectivity index (χ2v) is 4.57. The highest BCUT2D eigenvalue weighted by Gasteiger charge is 2.07. The van der Waals surface area contributed by atoms with Crippen LogP contribution >= 0.6 is 11.6 Å². The monoisotopic (exact) mass is 288 g/mol. The minimum atomic E-state index is -0.381. The number of nitrogens with one attached hydrogen (secondary N) is 1. The molecule has 2 aromatic rings. The van der Waals surface area contributed by atoms with E-state index in [1.54, 1.807) is 18.2 Å². The summed E-state index contributed by atoms with van der Waals surface area (Å²) in [5.41, 5.74) is 1.35. The van der Waals surface area contributed by atoms with Crippen LogP contribution in [0, 0.1) is 17.1 Å². The zero-order valence-electron chi connectivity index (χ0n) is 10.4. The molecule has 0 aliphatic carbocycles. The maximum atomic E-state index is 13.0. The predicted octanol–water partition coefficient (Wildman–Crippen LogP) is 3.53. The van der Waals surface area contributed by atoms with Gasteiger partial charge in [-0.2, -0.15) is 5.26 Å². The molecule has 1 N–H and O–H groups in total. The molecule has 0 saturated heterocycles. The smallest absolute Gasteiger partial charge is 0.228 e. The highest BCUT2D eigenvalue weighted by molar-refractivity contribution is 6.31. The number of carbonyl (C=O) groups is 1. The van der Waals surface area contributed by atoms with E-state index in [0.29, 0.717) is 16.3 Å². The molecular formula is C15H10ClFN2O. The SMILES string of the molecule is N#Cc1cc(NC(=O)Cc2cccc(F)c2)ccc1Cl. The van der Waals surface area contributed by atoms with E-state index in [4.69, 9.17) is 16.9 Å². The molecule has 0 aromatic heterocycles. The van der Waals surface area contributed by atoms with E-state index in [1.165, 1.54) is 24.3 Å². The van der Waals surface area contributed by atoms with Crippen LogP contribution in [0.15, 0.2) is 42.5 Å². The van der Waals surface area contributed by atoms with Crippen molar-refractivity contribution in [2.45, 2.75) is 6.42 Å². The Morgan fingerprint density at radius 2 is 2.10 bits per heavy atom. The Morgan fingerprint density at radius 3 is 2.80 bits per heavy atom. The molecule has 0 saturated carbocycles. The van der Waals surface area contributed by atoms with Crippen molar-refractivity contribution in [2.24, 2.45) is 0 Å². The zero-order valence-corrected chi connectivity index (χ0v) is 11.1. The van der Waals surface area contributed by atoms with E-state index in [1.807, 2.05) is 6.07 Å². The van der Waals surface area contributed by atoms with Crippen LogP contribution in [0.2, 0.25) is 5.02 Å². The van der Waals surface area contributed by atoms with Gasteiger partial charge in [-0.15, -0.1) is 0 Å². The first kappa shape index (κ1) is 14.0. The summed E-state index contributed by atoms with van der Waals surface area (Å²) in [7, 11) is 0. The van der Waals surface area contributed by atoms with Crippen LogP contribution in [0.4, 0.5) is 10.1 Å².